The van der Waals surface area contributed by atoms with Crippen molar-refractivity contribution < 1.29 is 13.2 Å². The van der Waals surface area contributed by atoms with Gasteiger partial charge in [-0.05, 0) is 56.3 Å². The normalized spacial score (nSPS) is 17.6. The largest absolute Gasteiger partial charge is 0.330 e. The summed E-state index contributed by atoms with van der Waals surface area (Å²) >= 11 is 0. The first-order chi connectivity index (χ1) is 12.3. The number of halogens is 1. The van der Waals surface area contributed by atoms with Gasteiger partial charge >= 0.3 is 0 Å². The molecule has 0 saturated heterocycles. The summed E-state index contributed by atoms with van der Waals surface area (Å²) in [5.41, 5.74) is 6.32. The molecule has 1 saturated carbocycles. The summed E-state index contributed by atoms with van der Waals surface area (Å²) in [6.07, 6.45) is 6.46. The van der Waals surface area contributed by atoms with E-state index >= 15 is 0 Å². The van der Waals surface area contributed by atoms with E-state index in [9.17, 15) is 13.2 Å². The molecule has 1 unspecified atom stereocenters. The van der Waals surface area contributed by atoms with Crippen LogP contribution in [0.25, 0.3) is 0 Å². The lowest BCUT2D eigenvalue weighted by Gasteiger charge is -2.35. The number of carbonyl (C=O) groups excluding carboxylic acids is 1. The second-order valence-corrected chi connectivity index (χ2v) is 9.16. The molecular formula is C19H32ClN3O3S. The molecule has 6 nitrogen and oxygen atoms in total. The van der Waals surface area contributed by atoms with Crippen LogP contribution in [0.2, 0.25) is 0 Å². The number of amides is 1. The minimum atomic E-state index is -3.60. The molecule has 154 valence electrons. The van der Waals surface area contributed by atoms with Gasteiger partial charge in [0.2, 0.25) is 15.9 Å². The van der Waals surface area contributed by atoms with Crippen LogP contribution < -0.4 is 15.8 Å². The summed E-state index contributed by atoms with van der Waals surface area (Å²) in [6.45, 7) is 4.25. The van der Waals surface area contributed by atoms with Gasteiger partial charge in [-0.3, -0.25) is 4.79 Å². The van der Waals surface area contributed by atoms with Crippen LogP contribution in [-0.4, -0.2) is 26.9 Å². The Morgan fingerprint density at radius 1 is 1.26 bits per heavy atom. The third kappa shape index (κ3) is 6.75. The van der Waals surface area contributed by atoms with Crippen LogP contribution in [0.1, 0.15) is 58.8 Å². The Bertz CT molecular complexity index is 719. The molecule has 0 radical (unpaired) electrons. The molecule has 0 aliphatic heterocycles. The van der Waals surface area contributed by atoms with Crippen molar-refractivity contribution in [2.45, 2.75) is 69.7 Å². The zero-order valence-corrected chi connectivity index (χ0v) is 17.8. The Balaban J connectivity index is 0.00000364. The molecule has 0 aromatic heterocycles. The summed E-state index contributed by atoms with van der Waals surface area (Å²) in [7, 11) is -3.60. The van der Waals surface area contributed by atoms with E-state index in [4.69, 9.17) is 5.73 Å². The van der Waals surface area contributed by atoms with E-state index in [0.717, 1.165) is 25.7 Å². The summed E-state index contributed by atoms with van der Waals surface area (Å²) < 4.78 is 27.5. The first-order valence-corrected chi connectivity index (χ1v) is 10.9. The Morgan fingerprint density at radius 3 is 2.52 bits per heavy atom. The fourth-order valence-electron chi connectivity index (χ4n) is 3.46. The molecule has 1 aromatic rings. The monoisotopic (exact) mass is 417 g/mol. The van der Waals surface area contributed by atoms with Crippen molar-refractivity contribution in [3.8, 4) is 0 Å². The zero-order valence-electron chi connectivity index (χ0n) is 16.2. The van der Waals surface area contributed by atoms with Crippen molar-refractivity contribution in [3.05, 3.63) is 24.3 Å². The minimum absolute atomic E-state index is 0. The highest BCUT2D eigenvalue weighted by molar-refractivity contribution is 7.89. The smallest absolute Gasteiger partial charge is 0.240 e. The second-order valence-electron chi connectivity index (χ2n) is 7.45. The van der Waals surface area contributed by atoms with E-state index < -0.39 is 10.0 Å². The molecular weight excluding hydrogens is 386 g/mol. The Labute approximate surface area is 169 Å². The number of sulfonamides is 1. The predicted molar refractivity (Wildman–Crippen MR) is 112 cm³/mol. The molecule has 1 aromatic carbocycles. The van der Waals surface area contributed by atoms with Crippen LogP contribution in [0.4, 0.5) is 5.69 Å². The molecule has 0 spiro atoms. The SMILES string of the molecule is CCC(C)NS(=O)(=O)c1cccc(NC(=O)CC2(CN)CCCCC2)c1.Cl. The van der Waals surface area contributed by atoms with Crippen molar-refractivity contribution >= 4 is 34.0 Å². The fourth-order valence-corrected chi connectivity index (χ4v) is 4.83. The van der Waals surface area contributed by atoms with Crippen molar-refractivity contribution in [1.29, 1.82) is 0 Å². The quantitative estimate of drug-likeness (QED) is 0.603. The van der Waals surface area contributed by atoms with Crippen LogP contribution in [0.3, 0.4) is 0 Å². The molecule has 1 amide bonds. The molecule has 2 rings (SSSR count). The van der Waals surface area contributed by atoms with Gasteiger partial charge in [0.05, 0.1) is 4.90 Å². The highest BCUT2D eigenvalue weighted by Crippen LogP contribution is 2.38. The first-order valence-electron chi connectivity index (χ1n) is 9.42. The highest BCUT2D eigenvalue weighted by atomic mass is 35.5. The van der Waals surface area contributed by atoms with Crippen LogP contribution in [-0.2, 0) is 14.8 Å². The number of hydrogen-bond donors (Lipinski definition) is 3. The average Bonchev–Trinajstić information content (AvgIpc) is 2.62. The van der Waals surface area contributed by atoms with Gasteiger partial charge in [0.15, 0.2) is 0 Å². The van der Waals surface area contributed by atoms with Crippen molar-refractivity contribution in [2.75, 3.05) is 11.9 Å². The van der Waals surface area contributed by atoms with E-state index in [0.29, 0.717) is 25.1 Å². The van der Waals surface area contributed by atoms with E-state index in [-0.39, 0.29) is 34.7 Å². The average molecular weight is 418 g/mol. The number of rotatable bonds is 8. The molecule has 0 bridgehead atoms. The van der Waals surface area contributed by atoms with Gasteiger partial charge in [0.1, 0.15) is 0 Å². The predicted octanol–water partition coefficient (Wildman–Crippen LogP) is 3.42. The van der Waals surface area contributed by atoms with Crippen LogP contribution in [0, 0.1) is 5.41 Å². The van der Waals surface area contributed by atoms with E-state index in [1.165, 1.54) is 18.6 Å². The zero-order chi connectivity index (χ0) is 19.2. The van der Waals surface area contributed by atoms with Crippen LogP contribution >= 0.6 is 12.4 Å². The maximum Gasteiger partial charge on any atom is 0.240 e. The van der Waals surface area contributed by atoms with Gasteiger partial charge in [-0.2, -0.15) is 0 Å². The molecule has 1 atom stereocenters. The number of anilines is 1. The number of benzene rings is 1. The Kier molecular flexibility index (Phi) is 9.21. The van der Waals surface area contributed by atoms with Gasteiger partial charge in [0.25, 0.3) is 0 Å². The van der Waals surface area contributed by atoms with E-state index in [1.807, 2.05) is 13.8 Å². The maximum atomic E-state index is 12.5. The second kappa shape index (κ2) is 10.4. The van der Waals surface area contributed by atoms with Crippen molar-refractivity contribution in [2.24, 2.45) is 11.1 Å². The standard InChI is InChI=1S/C19H31N3O3S.ClH/c1-3-15(2)22-26(24,25)17-9-7-8-16(12-17)21-18(23)13-19(14-20)10-5-4-6-11-19;/h7-9,12,15,22H,3-6,10-11,13-14,20H2,1-2H3,(H,21,23);1H. The molecule has 4 N–H and O–H groups in total. The third-order valence-corrected chi connectivity index (χ3v) is 6.87. The fraction of sp³-hybridized carbons (Fsp3) is 0.632. The van der Waals surface area contributed by atoms with E-state index in [2.05, 4.69) is 10.0 Å². The van der Waals surface area contributed by atoms with Gasteiger partial charge in [0, 0.05) is 18.2 Å². The lowest BCUT2D eigenvalue weighted by Crippen LogP contribution is -2.36. The van der Waals surface area contributed by atoms with Gasteiger partial charge in [-0.1, -0.05) is 32.3 Å². The number of carbonyl (C=O) groups is 1. The van der Waals surface area contributed by atoms with Gasteiger partial charge in [-0.25, -0.2) is 13.1 Å². The Hall–Kier alpha value is -1.15. The maximum absolute atomic E-state index is 12.5. The third-order valence-electron chi connectivity index (χ3n) is 5.28. The highest BCUT2D eigenvalue weighted by Gasteiger charge is 2.33. The lowest BCUT2D eigenvalue weighted by molar-refractivity contribution is -0.118. The molecule has 8 heteroatoms. The number of nitrogens with two attached hydrogens (primary N) is 1. The topological polar surface area (TPSA) is 101 Å². The number of nitrogens with one attached hydrogen (secondary N) is 2. The summed E-state index contributed by atoms with van der Waals surface area (Å²) in [5, 5.41) is 2.84. The lowest BCUT2D eigenvalue weighted by atomic mass is 9.71. The van der Waals surface area contributed by atoms with Crippen molar-refractivity contribution in [3.63, 3.8) is 0 Å². The summed E-state index contributed by atoms with van der Waals surface area (Å²) in [6, 6.07) is 6.23. The van der Waals surface area contributed by atoms with Gasteiger partial charge in [-0.15, -0.1) is 12.4 Å². The van der Waals surface area contributed by atoms with E-state index in [1.54, 1.807) is 12.1 Å². The van der Waals surface area contributed by atoms with Crippen LogP contribution in [0.15, 0.2) is 29.2 Å². The van der Waals surface area contributed by atoms with Gasteiger partial charge < -0.3 is 11.1 Å². The summed E-state index contributed by atoms with van der Waals surface area (Å²) in [4.78, 5) is 12.7. The first kappa shape index (κ1) is 23.9. The number of hydrogen-bond acceptors (Lipinski definition) is 4. The van der Waals surface area contributed by atoms with Crippen molar-refractivity contribution in [1.82, 2.24) is 4.72 Å². The molecule has 0 heterocycles. The molecule has 27 heavy (non-hydrogen) atoms. The molecule has 1 aliphatic rings. The minimum Gasteiger partial charge on any atom is -0.330 e. The molecule has 1 fully saturated rings. The Morgan fingerprint density at radius 2 is 1.93 bits per heavy atom. The summed E-state index contributed by atoms with van der Waals surface area (Å²) in [5.74, 6) is -0.109. The van der Waals surface area contributed by atoms with Crippen LogP contribution in [0.5, 0.6) is 0 Å². The molecule has 1 aliphatic carbocycles.